The van der Waals surface area contributed by atoms with Crippen molar-refractivity contribution in [3.8, 4) is 5.75 Å². The second-order valence-electron chi connectivity index (χ2n) is 4.64. The second-order valence-corrected chi connectivity index (χ2v) is 4.64. The van der Waals surface area contributed by atoms with E-state index in [2.05, 4.69) is 25.2 Å². The van der Waals surface area contributed by atoms with Gasteiger partial charge in [-0.2, -0.15) is 0 Å². The van der Waals surface area contributed by atoms with Crippen molar-refractivity contribution < 1.29 is 9.53 Å². The number of ether oxygens (including phenoxy) is 1. The molecule has 0 aliphatic rings. The van der Waals surface area contributed by atoms with Gasteiger partial charge in [-0.1, -0.05) is 26.0 Å². The van der Waals surface area contributed by atoms with Gasteiger partial charge in [-0.3, -0.25) is 0 Å². The Labute approximate surface area is 109 Å². The smallest absolute Gasteiger partial charge is 0.317 e. The van der Waals surface area contributed by atoms with Gasteiger partial charge in [0.1, 0.15) is 5.75 Å². The predicted molar refractivity (Wildman–Crippen MR) is 73.0 cm³/mol. The van der Waals surface area contributed by atoms with Crippen LogP contribution in [-0.4, -0.2) is 32.1 Å². The molecule has 0 saturated carbocycles. The molecule has 0 heterocycles. The van der Waals surface area contributed by atoms with Crippen LogP contribution in [0.5, 0.6) is 5.75 Å². The number of benzene rings is 1. The number of carbonyl (C=O) groups excluding carboxylic acids is 1. The summed E-state index contributed by atoms with van der Waals surface area (Å²) in [6.07, 6.45) is 0. The Balaban J connectivity index is 2.91. The Morgan fingerprint density at radius 2 is 2.11 bits per heavy atom. The van der Waals surface area contributed by atoms with Crippen molar-refractivity contribution in [2.24, 2.45) is 0 Å². The van der Waals surface area contributed by atoms with E-state index in [4.69, 9.17) is 4.74 Å². The molecule has 0 aliphatic heterocycles. The van der Waals surface area contributed by atoms with Gasteiger partial charge in [0.05, 0.1) is 7.11 Å². The summed E-state index contributed by atoms with van der Waals surface area (Å²) in [7, 11) is 5.09. The zero-order valence-electron chi connectivity index (χ0n) is 11.8. The number of hydrogen-bond acceptors (Lipinski definition) is 2. The normalized spacial score (nSPS) is 10.3. The molecule has 100 valence electrons. The molecule has 0 bridgehead atoms. The van der Waals surface area contributed by atoms with Crippen molar-refractivity contribution in [2.45, 2.75) is 26.3 Å². The van der Waals surface area contributed by atoms with Gasteiger partial charge in [0.2, 0.25) is 0 Å². The fourth-order valence-electron chi connectivity index (χ4n) is 1.87. The van der Waals surface area contributed by atoms with Crippen LogP contribution in [0.4, 0.5) is 4.79 Å². The van der Waals surface area contributed by atoms with Crippen LogP contribution in [0.1, 0.15) is 30.9 Å². The Hall–Kier alpha value is -1.71. The zero-order chi connectivity index (χ0) is 13.7. The third-order valence-electron chi connectivity index (χ3n) is 2.90. The van der Waals surface area contributed by atoms with Crippen LogP contribution in [0, 0.1) is 0 Å². The van der Waals surface area contributed by atoms with Gasteiger partial charge in [0.15, 0.2) is 0 Å². The Morgan fingerprint density at radius 3 is 2.61 bits per heavy atom. The monoisotopic (exact) mass is 250 g/mol. The molecular weight excluding hydrogens is 228 g/mol. The van der Waals surface area contributed by atoms with E-state index in [1.54, 1.807) is 26.1 Å². The average molecular weight is 250 g/mol. The summed E-state index contributed by atoms with van der Waals surface area (Å²) in [5.74, 6) is 1.29. The van der Waals surface area contributed by atoms with Gasteiger partial charge in [-0.05, 0) is 23.1 Å². The molecule has 2 amide bonds. The Kier molecular flexibility index (Phi) is 5.01. The van der Waals surface area contributed by atoms with E-state index in [9.17, 15) is 4.79 Å². The van der Waals surface area contributed by atoms with Crippen LogP contribution >= 0.6 is 0 Å². The largest absolute Gasteiger partial charge is 0.496 e. The van der Waals surface area contributed by atoms with Crippen molar-refractivity contribution in [2.75, 3.05) is 21.2 Å². The number of nitrogens with one attached hydrogen (secondary N) is 1. The lowest BCUT2D eigenvalue weighted by molar-refractivity contribution is 0.209. The van der Waals surface area contributed by atoms with Crippen molar-refractivity contribution in [1.82, 2.24) is 10.2 Å². The topological polar surface area (TPSA) is 41.6 Å². The SMILES string of the molecule is CNC(=O)N(C)Cc1ccc(OC)c(C(C)C)c1. The Morgan fingerprint density at radius 1 is 1.44 bits per heavy atom. The van der Waals surface area contributed by atoms with Crippen molar-refractivity contribution >= 4 is 6.03 Å². The standard InChI is InChI=1S/C14H22N2O2/c1-10(2)12-8-11(6-7-13(12)18-5)9-16(4)14(17)15-3/h6-8,10H,9H2,1-5H3,(H,15,17). The number of hydrogen-bond donors (Lipinski definition) is 1. The number of urea groups is 1. The summed E-state index contributed by atoms with van der Waals surface area (Å²) in [4.78, 5) is 13.1. The van der Waals surface area contributed by atoms with Crippen LogP contribution in [-0.2, 0) is 6.54 Å². The van der Waals surface area contributed by atoms with Crippen molar-refractivity contribution in [1.29, 1.82) is 0 Å². The predicted octanol–water partition coefficient (Wildman–Crippen LogP) is 2.59. The first-order valence-corrected chi connectivity index (χ1v) is 6.09. The number of rotatable bonds is 4. The number of amides is 2. The first kappa shape index (κ1) is 14.4. The highest BCUT2D eigenvalue weighted by Crippen LogP contribution is 2.27. The molecule has 0 fully saturated rings. The lowest BCUT2D eigenvalue weighted by atomic mass is 9.99. The summed E-state index contributed by atoms with van der Waals surface area (Å²) in [6, 6.07) is 5.96. The van der Waals surface area contributed by atoms with Gasteiger partial charge >= 0.3 is 6.03 Å². The minimum atomic E-state index is -0.0862. The van der Waals surface area contributed by atoms with E-state index in [0.29, 0.717) is 12.5 Å². The van der Waals surface area contributed by atoms with Crippen LogP contribution < -0.4 is 10.1 Å². The molecule has 0 atom stereocenters. The third-order valence-corrected chi connectivity index (χ3v) is 2.90. The fraction of sp³-hybridized carbons (Fsp3) is 0.500. The lowest BCUT2D eigenvalue weighted by Crippen LogP contribution is -2.34. The molecule has 4 heteroatoms. The summed E-state index contributed by atoms with van der Waals surface area (Å²) in [5, 5.41) is 2.61. The highest BCUT2D eigenvalue weighted by molar-refractivity contribution is 5.73. The molecule has 0 spiro atoms. The van der Waals surface area contributed by atoms with E-state index in [0.717, 1.165) is 11.3 Å². The number of carbonyl (C=O) groups is 1. The maximum absolute atomic E-state index is 11.4. The molecule has 1 N–H and O–H groups in total. The minimum absolute atomic E-state index is 0.0862. The van der Waals surface area contributed by atoms with Gasteiger partial charge in [-0.15, -0.1) is 0 Å². The first-order chi connectivity index (χ1) is 8.49. The molecular formula is C14H22N2O2. The summed E-state index contributed by atoms with van der Waals surface area (Å²) < 4.78 is 5.34. The molecule has 1 aromatic rings. The Bertz CT molecular complexity index is 416. The summed E-state index contributed by atoms with van der Waals surface area (Å²) in [5.41, 5.74) is 2.27. The van der Waals surface area contributed by atoms with E-state index < -0.39 is 0 Å². The fourth-order valence-corrected chi connectivity index (χ4v) is 1.87. The number of nitrogens with zero attached hydrogens (tertiary/aromatic N) is 1. The van der Waals surface area contributed by atoms with Crippen LogP contribution in [0.25, 0.3) is 0 Å². The van der Waals surface area contributed by atoms with Crippen LogP contribution in [0.15, 0.2) is 18.2 Å². The van der Waals surface area contributed by atoms with E-state index in [1.165, 1.54) is 5.56 Å². The molecule has 1 aromatic carbocycles. The lowest BCUT2D eigenvalue weighted by Gasteiger charge is -2.18. The molecule has 0 aliphatic carbocycles. The molecule has 0 saturated heterocycles. The molecule has 0 aromatic heterocycles. The third kappa shape index (κ3) is 3.39. The van der Waals surface area contributed by atoms with E-state index in [1.807, 2.05) is 12.1 Å². The summed E-state index contributed by atoms with van der Waals surface area (Å²) in [6.45, 7) is 4.84. The molecule has 4 nitrogen and oxygen atoms in total. The summed E-state index contributed by atoms with van der Waals surface area (Å²) >= 11 is 0. The minimum Gasteiger partial charge on any atom is -0.496 e. The second kappa shape index (κ2) is 6.28. The zero-order valence-corrected chi connectivity index (χ0v) is 11.8. The van der Waals surface area contributed by atoms with E-state index >= 15 is 0 Å². The highest BCUT2D eigenvalue weighted by atomic mass is 16.5. The van der Waals surface area contributed by atoms with Crippen molar-refractivity contribution in [3.63, 3.8) is 0 Å². The van der Waals surface area contributed by atoms with Gasteiger partial charge < -0.3 is 15.0 Å². The highest BCUT2D eigenvalue weighted by Gasteiger charge is 2.11. The molecule has 0 unspecified atom stereocenters. The van der Waals surface area contributed by atoms with Crippen molar-refractivity contribution in [3.05, 3.63) is 29.3 Å². The molecule has 0 radical (unpaired) electrons. The first-order valence-electron chi connectivity index (χ1n) is 6.09. The van der Waals surface area contributed by atoms with Gasteiger partial charge in [0.25, 0.3) is 0 Å². The average Bonchev–Trinajstić information content (AvgIpc) is 2.37. The van der Waals surface area contributed by atoms with E-state index in [-0.39, 0.29) is 6.03 Å². The van der Waals surface area contributed by atoms with Crippen LogP contribution in [0.2, 0.25) is 0 Å². The maximum Gasteiger partial charge on any atom is 0.317 e. The molecule has 18 heavy (non-hydrogen) atoms. The van der Waals surface area contributed by atoms with Crippen LogP contribution in [0.3, 0.4) is 0 Å². The van der Waals surface area contributed by atoms with Gasteiger partial charge in [0, 0.05) is 20.6 Å². The molecule has 1 rings (SSSR count). The number of methoxy groups -OCH3 is 1. The maximum atomic E-state index is 11.4. The quantitative estimate of drug-likeness (QED) is 0.892. The van der Waals surface area contributed by atoms with Gasteiger partial charge in [-0.25, -0.2) is 4.79 Å².